The van der Waals surface area contributed by atoms with Crippen molar-refractivity contribution in [3.05, 3.63) is 12.2 Å². The molecule has 0 spiro atoms. The molecule has 0 aromatic carbocycles. The highest BCUT2D eigenvalue weighted by Gasteiger charge is 2.30. The summed E-state index contributed by atoms with van der Waals surface area (Å²) in [6.45, 7) is 3.73. The summed E-state index contributed by atoms with van der Waals surface area (Å²) in [7, 11) is 0. The number of urea groups is 1. The molecular formula is C13H22N2O3. The zero-order chi connectivity index (χ0) is 12.8. The van der Waals surface area contributed by atoms with E-state index >= 15 is 0 Å². The highest BCUT2D eigenvalue weighted by molar-refractivity contribution is 5.74. The molecule has 1 aliphatic carbocycles. The van der Waals surface area contributed by atoms with E-state index < -0.39 is 5.79 Å². The van der Waals surface area contributed by atoms with Gasteiger partial charge in [-0.25, -0.2) is 4.79 Å². The minimum Gasteiger partial charge on any atom is -0.348 e. The van der Waals surface area contributed by atoms with Gasteiger partial charge in [0.1, 0.15) is 0 Å². The van der Waals surface area contributed by atoms with Gasteiger partial charge in [0.25, 0.3) is 0 Å². The van der Waals surface area contributed by atoms with Gasteiger partial charge in [-0.05, 0) is 26.2 Å². The minimum absolute atomic E-state index is 0.117. The van der Waals surface area contributed by atoms with Crippen molar-refractivity contribution in [1.29, 1.82) is 0 Å². The van der Waals surface area contributed by atoms with Gasteiger partial charge in [0.15, 0.2) is 5.79 Å². The van der Waals surface area contributed by atoms with Crippen LogP contribution in [-0.2, 0) is 9.47 Å². The van der Waals surface area contributed by atoms with E-state index in [2.05, 4.69) is 22.8 Å². The molecule has 0 aromatic heterocycles. The zero-order valence-electron chi connectivity index (χ0n) is 10.9. The number of carbonyl (C=O) groups excluding carboxylic acids is 1. The fraction of sp³-hybridized carbons (Fsp3) is 0.769. The Morgan fingerprint density at radius 3 is 2.89 bits per heavy atom. The number of hydrogen-bond acceptors (Lipinski definition) is 3. The molecule has 1 saturated heterocycles. The SMILES string of the molecule is CC1(CCNC(=O)NC2C=CCCC2)OCCO1. The fourth-order valence-corrected chi connectivity index (χ4v) is 2.26. The Labute approximate surface area is 108 Å². The molecule has 1 unspecified atom stereocenters. The van der Waals surface area contributed by atoms with E-state index in [-0.39, 0.29) is 12.1 Å². The summed E-state index contributed by atoms with van der Waals surface area (Å²) in [4.78, 5) is 11.7. The van der Waals surface area contributed by atoms with Crippen LogP contribution in [0.3, 0.4) is 0 Å². The van der Waals surface area contributed by atoms with Gasteiger partial charge in [-0.15, -0.1) is 0 Å². The topological polar surface area (TPSA) is 59.6 Å². The maximum absolute atomic E-state index is 11.7. The highest BCUT2D eigenvalue weighted by atomic mass is 16.7. The molecule has 2 amide bonds. The van der Waals surface area contributed by atoms with Gasteiger partial charge in [-0.2, -0.15) is 0 Å². The molecule has 18 heavy (non-hydrogen) atoms. The van der Waals surface area contributed by atoms with Crippen molar-refractivity contribution in [1.82, 2.24) is 10.6 Å². The normalized spacial score (nSPS) is 25.9. The average molecular weight is 254 g/mol. The molecule has 1 atom stereocenters. The second kappa shape index (κ2) is 6.20. The van der Waals surface area contributed by atoms with Crippen LogP contribution < -0.4 is 10.6 Å². The van der Waals surface area contributed by atoms with Crippen LogP contribution in [0.1, 0.15) is 32.6 Å². The summed E-state index contributed by atoms with van der Waals surface area (Å²) < 4.78 is 10.9. The molecule has 0 radical (unpaired) electrons. The maximum Gasteiger partial charge on any atom is 0.315 e. The first-order chi connectivity index (χ1) is 8.68. The van der Waals surface area contributed by atoms with Crippen molar-refractivity contribution < 1.29 is 14.3 Å². The van der Waals surface area contributed by atoms with Gasteiger partial charge in [-0.3, -0.25) is 0 Å². The first-order valence-electron chi connectivity index (χ1n) is 6.67. The second-order valence-corrected chi connectivity index (χ2v) is 4.95. The molecule has 5 heteroatoms. The van der Waals surface area contributed by atoms with E-state index in [0.29, 0.717) is 26.2 Å². The molecule has 2 aliphatic rings. The number of carbonyl (C=O) groups is 1. The quantitative estimate of drug-likeness (QED) is 0.748. The van der Waals surface area contributed by atoms with Gasteiger partial charge in [-0.1, -0.05) is 12.2 Å². The lowest BCUT2D eigenvalue weighted by Gasteiger charge is -2.23. The van der Waals surface area contributed by atoms with Crippen LogP contribution in [0.4, 0.5) is 4.79 Å². The van der Waals surface area contributed by atoms with E-state index in [1.807, 2.05) is 6.92 Å². The number of rotatable bonds is 4. The van der Waals surface area contributed by atoms with Gasteiger partial charge in [0, 0.05) is 19.0 Å². The molecule has 1 heterocycles. The Kier molecular flexibility index (Phi) is 4.60. The molecular weight excluding hydrogens is 232 g/mol. The Balaban J connectivity index is 1.62. The molecule has 0 saturated carbocycles. The maximum atomic E-state index is 11.7. The number of hydrogen-bond donors (Lipinski definition) is 2. The molecule has 2 rings (SSSR count). The van der Waals surface area contributed by atoms with Crippen LogP contribution in [0.25, 0.3) is 0 Å². The van der Waals surface area contributed by atoms with Crippen LogP contribution in [0, 0.1) is 0 Å². The molecule has 5 nitrogen and oxygen atoms in total. The third-order valence-corrected chi connectivity index (χ3v) is 3.33. The van der Waals surface area contributed by atoms with E-state index in [1.165, 1.54) is 0 Å². The number of ether oxygens (including phenoxy) is 2. The molecule has 1 aliphatic heterocycles. The first-order valence-corrected chi connectivity index (χ1v) is 6.67. The number of nitrogens with one attached hydrogen (secondary N) is 2. The lowest BCUT2D eigenvalue weighted by molar-refractivity contribution is -0.145. The third kappa shape index (κ3) is 3.99. The van der Waals surface area contributed by atoms with Gasteiger partial charge in [0.05, 0.1) is 13.2 Å². The van der Waals surface area contributed by atoms with Crippen LogP contribution in [0.5, 0.6) is 0 Å². The fourth-order valence-electron chi connectivity index (χ4n) is 2.26. The van der Waals surface area contributed by atoms with E-state index in [4.69, 9.17) is 9.47 Å². The monoisotopic (exact) mass is 254 g/mol. The van der Waals surface area contributed by atoms with Crippen molar-refractivity contribution in [3.63, 3.8) is 0 Å². The largest absolute Gasteiger partial charge is 0.348 e. The second-order valence-electron chi connectivity index (χ2n) is 4.95. The van der Waals surface area contributed by atoms with Gasteiger partial charge in [0.2, 0.25) is 0 Å². The predicted octanol–water partition coefficient (Wildman–Crippen LogP) is 1.55. The third-order valence-electron chi connectivity index (χ3n) is 3.33. The molecule has 2 N–H and O–H groups in total. The Morgan fingerprint density at radius 1 is 1.44 bits per heavy atom. The van der Waals surface area contributed by atoms with Gasteiger partial charge < -0.3 is 20.1 Å². The van der Waals surface area contributed by atoms with Crippen molar-refractivity contribution in [2.45, 2.75) is 44.4 Å². The lowest BCUT2D eigenvalue weighted by atomic mass is 10.0. The summed E-state index contributed by atoms with van der Waals surface area (Å²) in [6.07, 6.45) is 8.13. The average Bonchev–Trinajstić information content (AvgIpc) is 2.77. The Hall–Kier alpha value is -1.07. The van der Waals surface area contributed by atoms with Crippen molar-refractivity contribution in [2.75, 3.05) is 19.8 Å². The lowest BCUT2D eigenvalue weighted by Crippen LogP contribution is -2.43. The molecule has 1 fully saturated rings. The summed E-state index contributed by atoms with van der Waals surface area (Å²) in [6, 6.07) is 0.0569. The van der Waals surface area contributed by atoms with Crippen LogP contribution in [0.2, 0.25) is 0 Å². The molecule has 0 aromatic rings. The van der Waals surface area contributed by atoms with Gasteiger partial charge >= 0.3 is 6.03 Å². The van der Waals surface area contributed by atoms with Crippen LogP contribution >= 0.6 is 0 Å². The van der Waals surface area contributed by atoms with Crippen LogP contribution in [-0.4, -0.2) is 37.6 Å². The number of allylic oxidation sites excluding steroid dienone is 1. The summed E-state index contributed by atoms with van der Waals surface area (Å²) in [5, 5.41) is 5.78. The minimum atomic E-state index is -0.530. The highest BCUT2D eigenvalue weighted by Crippen LogP contribution is 2.21. The van der Waals surface area contributed by atoms with E-state index in [9.17, 15) is 4.79 Å². The standard InChI is InChI=1S/C13H22N2O3/c1-13(17-9-10-18-13)7-8-14-12(16)15-11-5-3-2-4-6-11/h3,5,11H,2,4,6-10H2,1H3,(H2,14,15,16). The first kappa shape index (κ1) is 13.4. The van der Waals surface area contributed by atoms with Crippen molar-refractivity contribution in [2.24, 2.45) is 0 Å². The Morgan fingerprint density at radius 2 is 2.22 bits per heavy atom. The Bertz CT molecular complexity index is 311. The summed E-state index contributed by atoms with van der Waals surface area (Å²) in [5.74, 6) is -0.530. The molecule has 102 valence electrons. The van der Waals surface area contributed by atoms with E-state index in [0.717, 1.165) is 19.3 Å². The predicted molar refractivity (Wildman–Crippen MR) is 68.2 cm³/mol. The smallest absolute Gasteiger partial charge is 0.315 e. The van der Waals surface area contributed by atoms with Crippen LogP contribution in [0.15, 0.2) is 12.2 Å². The zero-order valence-corrected chi connectivity index (χ0v) is 10.9. The summed E-state index contributed by atoms with van der Waals surface area (Å²) in [5.41, 5.74) is 0. The summed E-state index contributed by atoms with van der Waals surface area (Å²) >= 11 is 0. The van der Waals surface area contributed by atoms with Crippen molar-refractivity contribution >= 4 is 6.03 Å². The molecule has 0 bridgehead atoms. The number of amides is 2. The van der Waals surface area contributed by atoms with E-state index in [1.54, 1.807) is 0 Å². The van der Waals surface area contributed by atoms with Crippen molar-refractivity contribution in [3.8, 4) is 0 Å².